The van der Waals surface area contributed by atoms with Crippen molar-refractivity contribution in [1.82, 2.24) is 29.5 Å². The number of carbonyl (C=O) groups excluding carboxylic acids is 2. The monoisotopic (exact) mass is 548 g/mol. The van der Waals surface area contributed by atoms with E-state index in [0.717, 1.165) is 28.4 Å². The highest BCUT2D eigenvalue weighted by atomic mass is 32.2. The summed E-state index contributed by atoms with van der Waals surface area (Å²) in [5.41, 5.74) is 4.70. The van der Waals surface area contributed by atoms with Gasteiger partial charge in [0.2, 0.25) is 0 Å². The third kappa shape index (κ3) is 4.94. The number of fused-ring (bicyclic) bond motifs is 1. The molecule has 11 heteroatoms. The Bertz CT molecular complexity index is 1690. The van der Waals surface area contributed by atoms with E-state index in [2.05, 4.69) is 15.4 Å². The number of rotatable bonds is 5. The number of nitrogens with zero attached hydrogens (tertiary/aromatic N) is 5. The van der Waals surface area contributed by atoms with Gasteiger partial charge in [0.1, 0.15) is 0 Å². The van der Waals surface area contributed by atoms with Gasteiger partial charge < -0.3 is 14.8 Å². The molecule has 10 nitrogen and oxygen atoms in total. The van der Waals surface area contributed by atoms with Crippen molar-refractivity contribution in [3.05, 3.63) is 76.7 Å². The number of piperidine rings is 1. The van der Waals surface area contributed by atoms with Crippen LogP contribution >= 0.6 is 0 Å². The fraction of sp³-hybridized carbons (Fsp3) is 0.357. The first-order chi connectivity index (χ1) is 18.5. The molecule has 1 N–H and O–H groups in total. The number of carbonyl (C=O) groups is 2. The predicted molar refractivity (Wildman–Crippen MR) is 147 cm³/mol. The molecule has 2 amide bonds. The van der Waals surface area contributed by atoms with Crippen LogP contribution in [0.3, 0.4) is 0 Å². The summed E-state index contributed by atoms with van der Waals surface area (Å²) in [7, 11) is -0.263. The molecular formula is C28H32N6O4S. The SMILES string of the molecule is Cc1nn(C)c(S(C)(=O)=O)c1C(=O)N[C@@H]1CCN(C(=O)c2cc(C)c3ncn(C)c3c2)C[C@@H]1c1ccccc1. The fourth-order valence-corrected chi connectivity index (χ4v) is 6.75. The number of hydrogen-bond donors (Lipinski definition) is 1. The predicted octanol–water partition coefficient (Wildman–Crippen LogP) is 2.76. The van der Waals surface area contributed by atoms with Crippen molar-refractivity contribution in [3.63, 3.8) is 0 Å². The zero-order valence-electron chi connectivity index (χ0n) is 22.7. The first-order valence-corrected chi connectivity index (χ1v) is 14.6. The van der Waals surface area contributed by atoms with Crippen LogP contribution < -0.4 is 5.32 Å². The largest absolute Gasteiger partial charge is 0.348 e. The van der Waals surface area contributed by atoms with Crippen LogP contribution in [-0.4, -0.2) is 69.9 Å². The number of aryl methyl sites for hydroxylation is 4. The summed E-state index contributed by atoms with van der Waals surface area (Å²) in [6, 6.07) is 13.2. The second-order valence-corrected chi connectivity index (χ2v) is 12.2. The van der Waals surface area contributed by atoms with Gasteiger partial charge in [0, 0.05) is 51.0 Å². The molecular weight excluding hydrogens is 516 g/mol. The molecule has 1 saturated heterocycles. The summed E-state index contributed by atoms with van der Waals surface area (Å²) in [6.07, 6.45) is 3.32. The van der Waals surface area contributed by atoms with Crippen molar-refractivity contribution in [2.75, 3.05) is 19.3 Å². The number of nitrogens with one attached hydrogen (secondary N) is 1. The lowest BCUT2D eigenvalue weighted by Crippen LogP contribution is -2.51. The van der Waals surface area contributed by atoms with Crippen molar-refractivity contribution in [2.45, 2.75) is 37.3 Å². The molecule has 4 aromatic rings. The third-order valence-corrected chi connectivity index (χ3v) is 8.63. The molecule has 2 atom stereocenters. The van der Waals surface area contributed by atoms with E-state index < -0.39 is 15.7 Å². The van der Waals surface area contributed by atoms with E-state index in [1.807, 2.05) is 65.9 Å². The molecule has 0 aliphatic carbocycles. The van der Waals surface area contributed by atoms with Crippen molar-refractivity contribution in [1.29, 1.82) is 0 Å². The Morgan fingerprint density at radius 1 is 1.08 bits per heavy atom. The lowest BCUT2D eigenvalue weighted by atomic mass is 9.85. The number of aromatic nitrogens is 4. The lowest BCUT2D eigenvalue weighted by Gasteiger charge is -2.39. The second kappa shape index (κ2) is 9.96. The molecule has 2 aromatic heterocycles. The highest BCUT2D eigenvalue weighted by Crippen LogP contribution is 2.30. The fourth-order valence-electron chi connectivity index (χ4n) is 5.62. The maximum absolute atomic E-state index is 13.7. The van der Waals surface area contributed by atoms with Gasteiger partial charge in [0.25, 0.3) is 11.8 Å². The van der Waals surface area contributed by atoms with Gasteiger partial charge in [-0.3, -0.25) is 14.3 Å². The van der Waals surface area contributed by atoms with Gasteiger partial charge in [-0.05, 0) is 43.5 Å². The van der Waals surface area contributed by atoms with E-state index in [1.54, 1.807) is 13.3 Å². The van der Waals surface area contributed by atoms with Crippen LogP contribution in [0, 0.1) is 13.8 Å². The minimum atomic E-state index is -3.68. The molecule has 1 fully saturated rings. The Balaban J connectivity index is 1.44. The first kappa shape index (κ1) is 26.6. The Labute approximate surface area is 227 Å². The highest BCUT2D eigenvalue weighted by Gasteiger charge is 2.36. The standard InChI is InChI=1S/C28H32N6O4S/c1-17-13-20(14-23-25(17)29-16-32(23)3)27(36)34-12-11-22(21(15-34)19-9-7-6-8-10-19)30-26(35)24-18(2)31-33(4)28(24)39(5,37)38/h6-10,13-14,16,21-22H,11-12,15H2,1-5H3,(H,30,35)/t21-,22-/m1/s1. The number of likely N-dealkylation sites (tertiary alicyclic amines) is 1. The Morgan fingerprint density at radius 3 is 2.49 bits per heavy atom. The van der Waals surface area contributed by atoms with Crippen molar-refractivity contribution >= 4 is 32.7 Å². The molecule has 0 radical (unpaired) electrons. The summed E-state index contributed by atoms with van der Waals surface area (Å²) in [5, 5.41) is 7.16. The van der Waals surface area contributed by atoms with Gasteiger partial charge in [0.15, 0.2) is 14.9 Å². The average Bonchev–Trinajstić information content (AvgIpc) is 3.42. The molecule has 0 saturated carbocycles. The molecule has 5 rings (SSSR count). The van der Waals surface area contributed by atoms with E-state index in [-0.39, 0.29) is 28.5 Å². The Morgan fingerprint density at radius 2 is 1.79 bits per heavy atom. The molecule has 204 valence electrons. The van der Waals surface area contributed by atoms with Crippen molar-refractivity contribution in [2.24, 2.45) is 14.1 Å². The number of hydrogen-bond acceptors (Lipinski definition) is 6. The summed E-state index contributed by atoms with van der Waals surface area (Å²) >= 11 is 0. The highest BCUT2D eigenvalue weighted by molar-refractivity contribution is 7.90. The van der Waals surface area contributed by atoms with Gasteiger partial charge >= 0.3 is 0 Å². The van der Waals surface area contributed by atoms with E-state index >= 15 is 0 Å². The average molecular weight is 549 g/mol. The van der Waals surface area contributed by atoms with Crippen molar-refractivity contribution < 1.29 is 18.0 Å². The summed E-state index contributed by atoms with van der Waals surface area (Å²) in [4.78, 5) is 33.4. The van der Waals surface area contributed by atoms with Gasteiger partial charge in [0.05, 0.1) is 28.6 Å². The van der Waals surface area contributed by atoms with Crippen LogP contribution in [0.25, 0.3) is 11.0 Å². The minimum Gasteiger partial charge on any atom is -0.348 e. The van der Waals surface area contributed by atoms with Gasteiger partial charge in [-0.15, -0.1) is 0 Å². The van der Waals surface area contributed by atoms with Crippen LogP contribution in [-0.2, 0) is 23.9 Å². The van der Waals surface area contributed by atoms with E-state index in [1.165, 1.54) is 11.7 Å². The normalized spacial score (nSPS) is 17.9. The second-order valence-electron chi connectivity index (χ2n) is 10.3. The molecule has 39 heavy (non-hydrogen) atoms. The number of sulfone groups is 1. The van der Waals surface area contributed by atoms with E-state index in [0.29, 0.717) is 30.8 Å². The number of benzene rings is 2. The Hall–Kier alpha value is -3.99. The van der Waals surface area contributed by atoms with Crippen LogP contribution in [0.1, 0.15) is 49.9 Å². The van der Waals surface area contributed by atoms with Crippen LogP contribution in [0.15, 0.2) is 53.8 Å². The number of imidazole rings is 1. The van der Waals surface area contributed by atoms with Crippen LogP contribution in [0.5, 0.6) is 0 Å². The smallest absolute Gasteiger partial charge is 0.256 e. The van der Waals surface area contributed by atoms with Gasteiger partial charge in [-0.1, -0.05) is 30.3 Å². The Kier molecular flexibility index (Phi) is 6.79. The van der Waals surface area contributed by atoms with E-state index in [9.17, 15) is 18.0 Å². The minimum absolute atomic E-state index is 0.0604. The molecule has 1 aliphatic rings. The zero-order valence-corrected chi connectivity index (χ0v) is 23.5. The summed E-state index contributed by atoms with van der Waals surface area (Å²) in [6.45, 7) is 4.42. The van der Waals surface area contributed by atoms with Crippen LogP contribution in [0.4, 0.5) is 0 Å². The maximum Gasteiger partial charge on any atom is 0.256 e. The molecule has 0 unspecified atom stereocenters. The van der Waals surface area contributed by atoms with Gasteiger partial charge in [-0.2, -0.15) is 5.10 Å². The number of amides is 2. The molecule has 0 spiro atoms. The lowest BCUT2D eigenvalue weighted by molar-refractivity contribution is 0.0671. The zero-order chi connectivity index (χ0) is 28.1. The maximum atomic E-state index is 13.7. The molecule has 3 heterocycles. The third-order valence-electron chi connectivity index (χ3n) is 7.46. The summed E-state index contributed by atoms with van der Waals surface area (Å²) < 4.78 is 28.0. The topological polar surface area (TPSA) is 119 Å². The quantitative estimate of drug-likeness (QED) is 0.410. The van der Waals surface area contributed by atoms with Crippen molar-refractivity contribution in [3.8, 4) is 0 Å². The molecule has 0 bridgehead atoms. The summed E-state index contributed by atoms with van der Waals surface area (Å²) in [5.74, 6) is -0.744. The first-order valence-electron chi connectivity index (χ1n) is 12.8. The molecule has 1 aliphatic heterocycles. The van der Waals surface area contributed by atoms with E-state index in [4.69, 9.17) is 0 Å². The molecule has 2 aromatic carbocycles. The van der Waals surface area contributed by atoms with Crippen LogP contribution in [0.2, 0.25) is 0 Å². The van der Waals surface area contributed by atoms with Gasteiger partial charge in [-0.25, -0.2) is 13.4 Å².